The van der Waals surface area contributed by atoms with Gasteiger partial charge >= 0.3 is 0 Å². The van der Waals surface area contributed by atoms with Crippen LogP contribution in [0.3, 0.4) is 0 Å². The van der Waals surface area contributed by atoms with Crippen molar-refractivity contribution in [3.63, 3.8) is 0 Å². The summed E-state index contributed by atoms with van der Waals surface area (Å²) < 4.78 is 27.0. The highest BCUT2D eigenvalue weighted by Crippen LogP contribution is 2.24. The molecule has 0 bridgehead atoms. The van der Waals surface area contributed by atoms with Crippen molar-refractivity contribution in [2.24, 2.45) is 0 Å². The second kappa shape index (κ2) is 5.63. The maximum atomic E-state index is 12.3. The zero-order valence-electron chi connectivity index (χ0n) is 11.1. The summed E-state index contributed by atoms with van der Waals surface area (Å²) in [4.78, 5) is 7.26. The van der Waals surface area contributed by atoms with E-state index in [4.69, 9.17) is 5.26 Å². The standard InChI is InChI=1S/C14H10N4O2S2/c15-7-11-8-17-14(21-11)18-22(19,20)12-6-13(16-9-12)10-4-2-1-3-5-10/h1-6,8-9,16H,(H,17,18). The van der Waals surface area contributed by atoms with Crippen molar-refractivity contribution < 1.29 is 8.42 Å². The van der Waals surface area contributed by atoms with Crippen LogP contribution in [-0.4, -0.2) is 18.4 Å². The Labute approximate surface area is 131 Å². The molecule has 0 aliphatic rings. The molecule has 0 unspecified atom stereocenters. The van der Waals surface area contributed by atoms with E-state index in [9.17, 15) is 8.42 Å². The predicted molar refractivity (Wildman–Crippen MR) is 83.9 cm³/mol. The predicted octanol–water partition coefficient (Wildman–Crippen LogP) is 2.81. The summed E-state index contributed by atoms with van der Waals surface area (Å²) in [6.45, 7) is 0. The Balaban J connectivity index is 1.87. The molecule has 3 rings (SSSR count). The molecule has 0 aliphatic heterocycles. The SMILES string of the molecule is N#Cc1cnc(NS(=O)(=O)c2c[nH]c(-c3ccccc3)c2)s1. The van der Waals surface area contributed by atoms with Gasteiger partial charge in [-0.1, -0.05) is 41.7 Å². The summed E-state index contributed by atoms with van der Waals surface area (Å²) in [5, 5.41) is 8.90. The van der Waals surface area contributed by atoms with Gasteiger partial charge < -0.3 is 4.98 Å². The molecule has 0 atom stereocenters. The number of H-pyrrole nitrogens is 1. The van der Waals surface area contributed by atoms with Gasteiger partial charge in [-0.05, 0) is 11.6 Å². The van der Waals surface area contributed by atoms with E-state index in [0.717, 1.165) is 16.9 Å². The first-order valence-corrected chi connectivity index (χ1v) is 8.51. The van der Waals surface area contributed by atoms with Gasteiger partial charge in [0.25, 0.3) is 10.0 Å². The van der Waals surface area contributed by atoms with Crippen molar-refractivity contribution in [3.05, 3.63) is 53.7 Å². The topological polar surface area (TPSA) is 98.6 Å². The molecule has 110 valence electrons. The van der Waals surface area contributed by atoms with Crippen LogP contribution in [0, 0.1) is 11.3 Å². The Hall–Kier alpha value is -2.63. The van der Waals surface area contributed by atoms with E-state index >= 15 is 0 Å². The van der Waals surface area contributed by atoms with Crippen LogP contribution in [0.25, 0.3) is 11.3 Å². The number of nitriles is 1. The molecular formula is C14H10N4O2S2. The van der Waals surface area contributed by atoms with Gasteiger partial charge in [-0.3, -0.25) is 4.72 Å². The number of nitrogens with zero attached hydrogens (tertiary/aromatic N) is 2. The van der Waals surface area contributed by atoms with Gasteiger partial charge in [0.15, 0.2) is 5.13 Å². The Morgan fingerprint density at radius 3 is 2.73 bits per heavy atom. The first-order chi connectivity index (χ1) is 10.6. The van der Waals surface area contributed by atoms with Gasteiger partial charge in [0.2, 0.25) is 0 Å². The van der Waals surface area contributed by atoms with Crippen molar-refractivity contribution in [3.8, 4) is 17.3 Å². The summed E-state index contributed by atoms with van der Waals surface area (Å²) in [6, 6.07) is 12.9. The number of anilines is 1. The van der Waals surface area contributed by atoms with E-state index in [-0.39, 0.29) is 10.0 Å². The van der Waals surface area contributed by atoms with Crippen molar-refractivity contribution in [1.82, 2.24) is 9.97 Å². The van der Waals surface area contributed by atoms with E-state index in [0.29, 0.717) is 10.6 Å². The van der Waals surface area contributed by atoms with E-state index in [1.807, 2.05) is 36.4 Å². The third-order valence-electron chi connectivity index (χ3n) is 2.89. The quantitative estimate of drug-likeness (QED) is 0.768. The molecule has 1 aromatic carbocycles. The number of hydrogen-bond donors (Lipinski definition) is 2. The van der Waals surface area contributed by atoms with Crippen LogP contribution in [0.15, 0.2) is 53.7 Å². The number of benzene rings is 1. The molecule has 0 aliphatic carbocycles. The lowest BCUT2D eigenvalue weighted by molar-refractivity contribution is 0.601. The van der Waals surface area contributed by atoms with Crippen molar-refractivity contribution >= 4 is 26.5 Å². The first-order valence-electron chi connectivity index (χ1n) is 6.21. The maximum absolute atomic E-state index is 12.3. The number of thiazole rings is 1. The van der Waals surface area contributed by atoms with E-state index in [1.165, 1.54) is 12.4 Å². The Bertz CT molecular complexity index is 937. The molecule has 2 heterocycles. The average Bonchev–Trinajstić information content (AvgIpc) is 3.17. The minimum absolute atomic E-state index is 0.111. The van der Waals surface area contributed by atoms with Crippen LogP contribution in [0.2, 0.25) is 0 Å². The average molecular weight is 330 g/mol. The van der Waals surface area contributed by atoms with Gasteiger partial charge in [-0.25, -0.2) is 13.4 Å². The van der Waals surface area contributed by atoms with Crippen LogP contribution >= 0.6 is 11.3 Å². The summed E-state index contributed by atoms with van der Waals surface area (Å²) in [7, 11) is -3.74. The van der Waals surface area contributed by atoms with Gasteiger partial charge in [-0.2, -0.15) is 5.26 Å². The molecule has 0 fully saturated rings. The highest BCUT2D eigenvalue weighted by atomic mass is 32.2. The fraction of sp³-hybridized carbons (Fsp3) is 0. The number of aromatic nitrogens is 2. The normalized spacial score (nSPS) is 11.0. The second-order valence-corrected chi connectivity index (χ2v) is 7.08. The monoisotopic (exact) mass is 330 g/mol. The zero-order chi connectivity index (χ0) is 15.6. The molecule has 8 heteroatoms. The molecule has 0 radical (unpaired) electrons. The van der Waals surface area contributed by atoms with Crippen LogP contribution in [0.1, 0.15) is 4.88 Å². The number of aromatic amines is 1. The minimum atomic E-state index is -3.74. The van der Waals surface area contributed by atoms with Crippen LogP contribution < -0.4 is 4.72 Å². The molecule has 0 spiro atoms. The van der Waals surface area contributed by atoms with E-state index in [2.05, 4.69) is 14.7 Å². The van der Waals surface area contributed by atoms with Gasteiger partial charge in [0.1, 0.15) is 15.8 Å². The van der Waals surface area contributed by atoms with Crippen molar-refractivity contribution in [2.45, 2.75) is 4.90 Å². The largest absolute Gasteiger partial charge is 0.360 e. The van der Waals surface area contributed by atoms with Crippen molar-refractivity contribution in [2.75, 3.05) is 4.72 Å². The molecule has 3 aromatic rings. The highest BCUT2D eigenvalue weighted by molar-refractivity contribution is 7.93. The molecule has 0 saturated carbocycles. The lowest BCUT2D eigenvalue weighted by Crippen LogP contribution is -2.11. The van der Waals surface area contributed by atoms with E-state index < -0.39 is 10.0 Å². The number of rotatable bonds is 4. The van der Waals surface area contributed by atoms with Crippen LogP contribution in [-0.2, 0) is 10.0 Å². The third-order valence-corrected chi connectivity index (χ3v) is 5.15. The number of nitrogens with one attached hydrogen (secondary N) is 2. The Morgan fingerprint density at radius 1 is 1.27 bits per heavy atom. The molecule has 0 saturated heterocycles. The molecule has 6 nitrogen and oxygen atoms in total. The zero-order valence-corrected chi connectivity index (χ0v) is 12.8. The lowest BCUT2D eigenvalue weighted by atomic mass is 10.2. The maximum Gasteiger partial charge on any atom is 0.265 e. The molecule has 2 N–H and O–H groups in total. The molecule has 0 amide bonds. The number of sulfonamides is 1. The summed E-state index contributed by atoms with van der Waals surface area (Å²) in [5.41, 5.74) is 1.60. The summed E-state index contributed by atoms with van der Waals surface area (Å²) in [6.07, 6.45) is 2.75. The third kappa shape index (κ3) is 2.86. The fourth-order valence-electron chi connectivity index (χ4n) is 1.86. The van der Waals surface area contributed by atoms with Gasteiger partial charge in [-0.15, -0.1) is 0 Å². The Kier molecular flexibility index (Phi) is 3.66. The Morgan fingerprint density at radius 2 is 2.05 bits per heavy atom. The smallest absolute Gasteiger partial charge is 0.265 e. The highest BCUT2D eigenvalue weighted by Gasteiger charge is 2.18. The minimum Gasteiger partial charge on any atom is -0.360 e. The van der Waals surface area contributed by atoms with Crippen molar-refractivity contribution in [1.29, 1.82) is 5.26 Å². The number of hydrogen-bond acceptors (Lipinski definition) is 5. The lowest BCUT2D eigenvalue weighted by Gasteiger charge is -2.01. The van der Waals surface area contributed by atoms with Crippen LogP contribution in [0.5, 0.6) is 0 Å². The molecule has 2 aromatic heterocycles. The molecular weight excluding hydrogens is 320 g/mol. The summed E-state index contributed by atoms with van der Waals surface area (Å²) in [5.74, 6) is 0. The first kappa shape index (κ1) is 14.3. The van der Waals surface area contributed by atoms with Crippen LogP contribution in [0.4, 0.5) is 5.13 Å². The summed E-state index contributed by atoms with van der Waals surface area (Å²) >= 11 is 0.985. The molecule has 22 heavy (non-hydrogen) atoms. The van der Waals surface area contributed by atoms with Gasteiger partial charge in [0, 0.05) is 11.9 Å². The second-order valence-electron chi connectivity index (χ2n) is 4.36. The van der Waals surface area contributed by atoms with Gasteiger partial charge in [0.05, 0.1) is 6.20 Å². The van der Waals surface area contributed by atoms with E-state index in [1.54, 1.807) is 6.07 Å². The fourth-order valence-corrected chi connectivity index (χ4v) is 3.71.